The molecule has 0 aliphatic carbocycles. The molecule has 4 rings (SSSR count). The summed E-state index contributed by atoms with van der Waals surface area (Å²) in [5, 5.41) is 4.00. The van der Waals surface area contributed by atoms with Crippen LogP contribution in [0.4, 0.5) is 4.39 Å². The van der Waals surface area contributed by atoms with Crippen LogP contribution >= 0.6 is 11.3 Å². The monoisotopic (exact) mass is 440 g/mol. The zero-order valence-corrected chi connectivity index (χ0v) is 18.2. The van der Waals surface area contributed by atoms with Crippen LogP contribution in [0, 0.1) is 5.82 Å². The Bertz CT molecular complexity index is 1100. The van der Waals surface area contributed by atoms with Gasteiger partial charge in [-0.15, -0.1) is 11.3 Å². The molecule has 2 aromatic carbocycles. The molecule has 2 amide bonds. The Balaban J connectivity index is 1.54. The summed E-state index contributed by atoms with van der Waals surface area (Å²) < 4.78 is 19.6. The molecular formula is C24H25FN2O3S. The van der Waals surface area contributed by atoms with Gasteiger partial charge in [0.25, 0.3) is 5.91 Å². The molecule has 1 aliphatic rings. The van der Waals surface area contributed by atoms with Gasteiger partial charge in [0.2, 0.25) is 5.91 Å². The van der Waals surface area contributed by atoms with E-state index in [2.05, 4.69) is 5.32 Å². The number of halogens is 1. The molecule has 31 heavy (non-hydrogen) atoms. The zero-order valence-electron chi connectivity index (χ0n) is 17.4. The SMILES string of the molecule is COCCNC(=O)c1sc2ccccc2c1[C@@H]1CCN(C(=O)Cc2cccc(F)c2)C1. The number of rotatable bonds is 7. The second kappa shape index (κ2) is 9.58. The lowest BCUT2D eigenvalue weighted by molar-refractivity contribution is -0.129. The molecule has 0 radical (unpaired) electrons. The van der Waals surface area contributed by atoms with Crippen molar-refractivity contribution in [3.63, 3.8) is 0 Å². The standard InChI is InChI=1S/C24H25FN2O3S/c1-30-12-10-26-24(29)23-22(19-7-2-3-8-20(19)31-23)17-9-11-27(15-17)21(28)14-16-5-4-6-18(25)13-16/h2-8,13,17H,9-12,14-15H2,1H3,(H,26,29)/t17-/m1/s1. The smallest absolute Gasteiger partial charge is 0.261 e. The third-order valence-electron chi connectivity index (χ3n) is 5.63. The third-order valence-corrected chi connectivity index (χ3v) is 6.81. The first-order chi connectivity index (χ1) is 15.1. The van der Waals surface area contributed by atoms with E-state index in [1.165, 1.54) is 23.5 Å². The van der Waals surface area contributed by atoms with Crippen molar-refractivity contribution in [1.82, 2.24) is 10.2 Å². The maximum absolute atomic E-state index is 13.5. The van der Waals surface area contributed by atoms with E-state index >= 15 is 0 Å². The highest BCUT2D eigenvalue weighted by atomic mass is 32.1. The van der Waals surface area contributed by atoms with Crippen LogP contribution in [-0.2, 0) is 16.0 Å². The summed E-state index contributed by atoms with van der Waals surface area (Å²) in [6.07, 6.45) is 0.979. The Kier molecular flexibility index (Phi) is 6.63. The number of likely N-dealkylation sites (tertiary alicyclic amines) is 1. The quantitative estimate of drug-likeness (QED) is 0.566. The van der Waals surface area contributed by atoms with Crippen LogP contribution in [-0.4, -0.2) is 50.1 Å². The molecule has 0 bridgehead atoms. The summed E-state index contributed by atoms with van der Waals surface area (Å²) in [6.45, 7) is 2.10. The number of ether oxygens (including phenoxy) is 1. The summed E-state index contributed by atoms with van der Waals surface area (Å²) >= 11 is 1.49. The van der Waals surface area contributed by atoms with E-state index in [4.69, 9.17) is 4.74 Å². The number of carbonyl (C=O) groups excluding carboxylic acids is 2. The molecule has 3 aromatic rings. The Morgan fingerprint density at radius 1 is 1.23 bits per heavy atom. The van der Waals surface area contributed by atoms with Crippen molar-refractivity contribution in [2.75, 3.05) is 33.4 Å². The highest BCUT2D eigenvalue weighted by molar-refractivity contribution is 7.21. The summed E-state index contributed by atoms with van der Waals surface area (Å²) in [5.41, 5.74) is 1.70. The van der Waals surface area contributed by atoms with Gasteiger partial charge in [-0.05, 0) is 41.1 Å². The lowest BCUT2D eigenvalue weighted by atomic mass is 9.95. The first-order valence-electron chi connectivity index (χ1n) is 10.4. The van der Waals surface area contributed by atoms with Crippen LogP contribution in [0.1, 0.15) is 33.1 Å². The number of nitrogens with zero attached hydrogens (tertiary/aromatic N) is 1. The van der Waals surface area contributed by atoms with Crippen molar-refractivity contribution in [2.24, 2.45) is 0 Å². The van der Waals surface area contributed by atoms with Crippen LogP contribution in [0.5, 0.6) is 0 Å². The van der Waals surface area contributed by atoms with Gasteiger partial charge in [0.1, 0.15) is 5.82 Å². The number of nitrogens with one attached hydrogen (secondary N) is 1. The van der Waals surface area contributed by atoms with Crippen LogP contribution < -0.4 is 5.32 Å². The minimum absolute atomic E-state index is 0.0151. The van der Waals surface area contributed by atoms with Gasteiger partial charge < -0.3 is 15.0 Å². The Hall–Kier alpha value is -2.77. The molecular weight excluding hydrogens is 415 g/mol. The average Bonchev–Trinajstić information content (AvgIpc) is 3.38. The summed E-state index contributed by atoms with van der Waals surface area (Å²) in [5.74, 6) is -0.356. The number of hydrogen-bond donors (Lipinski definition) is 1. The van der Waals surface area contributed by atoms with Crippen molar-refractivity contribution in [2.45, 2.75) is 18.8 Å². The number of thiophene rings is 1. The molecule has 1 aromatic heterocycles. The minimum Gasteiger partial charge on any atom is -0.383 e. The van der Waals surface area contributed by atoms with Crippen molar-refractivity contribution < 1.29 is 18.7 Å². The maximum atomic E-state index is 13.5. The normalized spacial score (nSPS) is 16.1. The fourth-order valence-electron chi connectivity index (χ4n) is 4.14. The Morgan fingerprint density at radius 3 is 2.87 bits per heavy atom. The first-order valence-corrected chi connectivity index (χ1v) is 11.2. The molecule has 2 heterocycles. The topological polar surface area (TPSA) is 58.6 Å². The number of benzene rings is 2. The molecule has 0 spiro atoms. The predicted octanol–water partition coefficient (Wildman–Crippen LogP) is 3.98. The summed E-state index contributed by atoms with van der Waals surface area (Å²) in [4.78, 5) is 28.2. The van der Waals surface area contributed by atoms with Gasteiger partial charge in [0.05, 0.1) is 17.9 Å². The van der Waals surface area contributed by atoms with E-state index in [-0.39, 0.29) is 30.0 Å². The molecule has 1 aliphatic heterocycles. The largest absolute Gasteiger partial charge is 0.383 e. The summed E-state index contributed by atoms with van der Waals surface area (Å²) in [7, 11) is 1.60. The lowest BCUT2D eigenvalue weighted by Gasteiger charge is -2.17. The van der Waals surface area contributed by atoms with Crippen LogP contribution in [0.2, 0.25) is 0 Å². The van der Waals surface area contributed by atoms with E-state index in [0.29, 0.717) is 36.7 Å². The lowest BCUT2D eigenvalue weighted by Crippen LogP contribution is -2.30. The Labute approximate surface area is 184 Å². The highest BCUT2D eigenvalue weighted by Crippen LogP contribution is 2.40. The van der Waals surface area contributed by atoms with Crippen LogP contribution in [0.25, 0.3) is 10.1 Å². The van der Waals surface area contributed by atoms with Crippen molar-refractivity contribution in [3.8, 4) is 0 Å². The highest BCUT2D eigenvalue weighted by Gasteiger charge is 2.32. The van der Waals surface area contributed by atoms with Crippen molar-refractivity contribution >= 4 is 33.2 Å². The van der Waals surface area contributed by atoms with E-state index in [1.54, 1.807) is 19.2 Å². The van der Waals surface area contributed by atoms with E-state index < -0.39 is 0 Å². The van der Waals surface area contributed by atoms with Gasteiger partial charge >= 0.3 is 0 Å². The number of hydrogen-bond acceptors (Lipinski definition) is 4. The molecule has 7 heteroatoms. The number of fused-ring (bicyclic) bond motifs is 1. The molecule has 1 fully saturated rings. The predicted molar refractivity (Wildman–Crippen MR) is 120 cm³/mol. The van der Waals surface area contributed by atoms with E-state index in [9.17, 15) is 14.0 Å². The second-order valence-electron chi connectivity index (χ2n) is 7.72. The summed E-state index contributed by atoms with van der Waals surface area (Å²) in [6, 6.07) is 14.2. The molecule has 1 N–H and O–H groups in total. The fourth-order valence-corrected chi connectivity index (χ4v) is 5.35. The molecule has 162 valence electrons. The Morgan fingerprint density at radius 2 is 2.06 bits per heavy atom. The van der Waals surface area contributed by atoms with E-state index in [0.717, 1.165) is 22.1 Å². The molecule has 5 nitrogen and oxygen atoms in total. The van der Waals surface area contributed by atoms with Crippen molar-refractivity contribution in [3.05, 3.63) is 70.4 Å². The van der Waals surface area contributed by atoms with Gasteiger partial charge in [-0.2, -0.15) is 0 Å². The van der Waals surface area contributed by atoms with Gasteiger partial charge in [0.15, 0.2) is 0 Å². The fraction of sp³-hybridized carbons (Fsp3) is 0.333. The first kappa shape index (κ1) is 21.5. The molecule has 1 saturated heterocycles. The second-order valence-corrected chi connectivity index (χ2v) is 8.77. The van der Waals surface area contributed by atoms with Crippen molar-refractivity contribution in [1.29, 1.82) is 0 Å². The third kappa shape index (κ3) is 4.78. The minimum atomic E-state index is -0.335. The zero-order chi connectivity index (χ0) is 21.8. The molecule has 1 atom stereocenters. The van der Waals surface area contributed by atoms with Gasteiger partial charge in [-0.3, -0.25) is 9.59 Å². The van der Waals surface area contributed by atoms with Gasteiger partial charge in [0, 0.05) is 37.4 Å². The van der Waals surface area contributed by atoms with Gasteiger partial charge in [-0.25, -0.2) is 4.39 Å². The number of amides is 2. The molecule has 0 saturated carbocycles. The maximum Gasteiger partial charge on any atom is 0.261 e. The van der Waals surface area contributed by atoms with Gasteiger partial charge in [-0.1, -0.05) is 30.3 Å². The van der Waals surface area contributed by atoms with Crippen LogP contribution in [0.15, 0.2) is 48.5 Å². The number of carbonyl (C=O) groups is 2. The molecule has 0 unspecified atom stereocenters. The van der Waals surface area contributed by atoms with Crippen LogP contribution in [0.3, 0.4) is 0 Å². The van der Waals surface area contributed by atoms with E-state index in [1.807, 2.05) is 29.2 Å². The number of methoxy groups -OCH3 is 1. The average molecular weight is 441 g/mol.